The van der Waals surface area contributed by atoms with E-state index in [-0.39, 0.29) is 12.7 Å². The lowest BCUT2D eigenvalue weighted by atomic mass is 9.96. The van der Waals surface area contributed by atoms with Crippen molar-refractivity contribution in [1.29, 1.82) is 0 Å². The third-order valence-corrected chi connectivity index (χ3v) is 2.47. The van der Waals surface area contributed by atoms with Crippen LogP contribution in [0.2, 0.25) is 0 Å². The summed E-state index contributed by atoms with van der Waals surface area (Å²) in [7, 11) is 0. The first-order valence-electron chi connectivity index (χ1n) is 4.54. The van der Waals surface area contributed by atoms with Crippen molar-refractivity contribution in [2.75, 3.05) is 6.67 Å². The molecule has 2 heteroatoms. The second-order valence-electron chi connectivity index (χ2n) is 3.37. The highest BCUT2D eigenvalue weighted by Crippen LogP contribution is 2.20. The Morgan fingerprint density at radius 1 is 1.38 bits per heavy atom. The first kappa shape index (κ1) is 10.2. The van der Waals surface area contributed by atoms with Gasteiger partial charge in [-0.15, -0.1) is 0 Å². The number of alkyl halides is 1. The summed E-state index contributed by atoms with van der Waals surface area (Å²) in [5, 5.41) is 0. The fourth-order valence-electron chi connectivity index (χ4n) is 1.45. The molecule has 1 aromatic carbocycles. The molecule has 0 amide bonds. The van der Waals surface area contributed by atoms with Gasteiger partial charge in [0.25, 0.3) is 0 Å². The number of benzene rings is 1. The van der Waals surface area contributed by atoms with E-state index in [1.165, 1.54) is 11.1 Å². The van der Waals surface area contributed by atoms with Crippen LogP contribution in [0.15, 0.2) is 18.2 Å². The number of aryl methyl sites for hydroxylation is 1. The summed E-state index contributed by atoms with van der Waals surface area (Å²) in [6.07, 6.45) is 0.407. The molecule has 1 aromatic rings. The van der Waals surface area contributed by atoms with Crippen LogP contribution in [0.4, 0.5) is 4.39 Å². The van der Waals surface area contributed by atoms with Crippen LogP contribution in [0.1, 0.15) is 29.2 Å². The number of hydrogen-bond acceptors (Lipinski definition) is 1. The number of nitrogens with two attached hydrogens (primary N) is 1. The van der Waals surface area contributed by atoms with Crippen LogP contribution >= 0.6 is 0 Å². The quantitative estimate of drug-likeness (QED) is 0.762. The molecule has 0 aromatic heterocycles. The molecule has 0 radical (unpaired) electrons. The van der Waals surface area contributed by atoms with Crippen molar-refractivity contribution in [1.82, 2.24) is 0 Å². The monoisotopic (exact) mass is 181 g/mol. The van der Waals surface area contributed by atoms with Crippen LogP contribution in [0.25, 0.3) is 0 Å². The minimum absolute atomic E-state index is 0.162. The van der Waals surface area contributed by atoms with Gasteiger partial charge in [-0.25, -0.2) is 0 Å². The third-order valence-electron chi connectivity index (χ3n) is 2.47. The van der Waals surface area contributed by atoms with E-state index in [9.17, 15) is 4.39 Å². The Balaban J connectivity index is 2.93. The fourth-order valence-corrected chi connectivity index (χ4v) is 1.45. The lowest BCUT2D eigenvalue weighted by Crippen LogP contribution is -2.12. The maximum atomic E-state index is 12.1. The van der Waals surface area contributed by atoms with Crippen LogP contribution in [0.5, 0.6) is 0 Å². The minimum Gasteiger partial charge on any atom is -0.324 e. The largest absolute Gasteiger partial charge is 0.324 e. The topological polar surface area (TPSA) is 26.0 Å². The second-order valence-corrected chi connectivity index (χ2v) is 3.37. The molecule has 13 heavy (non-hydrogen) atoms. The zero-order valence-electron chi connectivity index (χ0n) is 8.18. The highest BCUT2D eigenvalue weighted by atomic mass is 19.1. The van der Waals surface area contributed by atoms with Crippen LogP contribution in [-0.4, -0.2) is 6.67 Å². The third kappa shape index (κ3) is 2.28. The summed E-state index contributed by atoms with van der Waals surface area (Å²) < 4.78 is 12.1. The first-order valence-corrected chi connectivity index (χ1v) is 4.54. The maximum absolute atomic E-state index is 12.1. The average Bonchev–Trinajstić information content (AvgIpc) is 2.10. The Morgan fingerprint density at radius 2 is 2.08 bits per heavy atom. The van der Waals surface area contributed by atoms with Gasteiger partial charge in [-0.05, 0) is 37.0 Å². The van der Waals surface area contributed by atoms with Gasteiger partial charge in [0.1, 0.15) is 0 Å². The summed E-state index contributed by atoms with van der Waals surface area (Å²) in [6, 6.07) is 5.82. The normalized spacial score (nSPS) is 12.9. The molecule has 2 N–H and O–H groups in total. The van der Waals surface area contributed by atoms with Crippen LogP contribution in [0, 0.1) is 13.8 Å². The Labute approximate surface area is 78.8 Å². The van der Waals surface area contributed by atoms with Gasteiger partial charge in [-0.1, -0.05) is 18.2 Å². The number of rotatable bonds is 3. The van der Waals surface area contributed by atoms with Gasteiger partial charge in [0, 0.05) is 6.04 Å². The Hall–Kier alpha value is -0.890. The molecule has 0 spiro atoms. The average molecular weight is 181 g/mol. The summed E-state index contributed by atoms with van der Waals surface area (Å²) in [6.45, 7) is 3.72. The molecule has 0 heterocycles. The van der Waals surface area contributed by atoms with Crippen molar-refractivity contribution >= 4 is 0 Å². The smallest absolute Gasteiger partial charge is 0.0912 e. The van der Waals surface area contributed by atoms with E-state index in [1.54, 1.807) is 0 Å². The van der Waals surface area contributed by atoms with E-state index in [2.05, 4.69) is 0 Å². The number of halogens is 1. The highest BCUT2D eigenvalue weighted by Gasteiger charge is 2.08. The van der Waals surface area contributed by atoms with Crippen molar-refractivity contribution in [2.24, 2.45) is 5.73 Å². The molecule has 1 rings (SSSR count). The number of hydrogen-bond donors (Lipinski definition) is 1. The molecule has 0 aliphatic rings. The maximum Gasteiger partial charge on any atom is 0.0912 e. The zero-order chi connectivity index (χ0) is 9.84. The van der Waals surface area contributed by atoms with Gasteiger partial charge >= 0.3 is 0 Å². The molecule has 0 aliphatic carbocycles. The van der Waals surface area contributed by atoms with Gasteiger partial charge in [0.05, 0.1) is 6.67 Å². The van der Waals surface area contributed by atoms with E-state index in [0.29, 0.717) is 6.42 Å². The molecule has 72 valence electrons. The van der Waals surface area contributed by atoms with Crippen LogP contribution in [-0.2, 0) is 0 Å². The molecular weight excluding hydrogens is 165 g/mol. The molecule has 1 nitrogen and oxygen atoms in total. The summed E-state index contributed by atoms with van der Waals surface area (Å²) in [5.41, 5.74) is 9.30. The minimum atomic E-state index is -0.353. The van der Waals surface area contributed by atoms with Crippen molar-refractivity contribution < 1.29 is 4.39 Å². The van der Waals surface area contributed by atoms with E-state index >= 15 is 0 Å². The van der Waals surface area contributed by atoms with Gasteiger partial charge in [0.2, 0.25) is 0 Å². The predicted octanol–water partition coefficient (Wildman–Crippen LogP) is 2.66. The van der Waals surface area contributed by atoms with E-state index < -0.39 is 0 Å². The predicted molar refractivity (Wildman–Crippen MR) is 53.4 cm³/mol. The van der Waals surface area contributed by atoms with Crippen molar-refractivity contribution in [3.63, 3.8) is 0 Å². The first-order chi connectivity index (χ1) is 6.16. The molecule has 0 aliphatic heterocycles. The highest BCUT2D eigenvalue weighted by molar-refractivity contribution is 5.35. The molecule has 0 saturated heterocycles. The van der Waals surface area contributed by atoms with Crippen LogP contribution < -0.4 is 5.73 Å². The lowest BCUT2D eigenvalue weighted by Gasteiger charge is -2.14. The second kappa shape index (κ2) is 4.38. The molecule has 0 unspecified atom stereocenters. The fraction of sp³-hybridized carbons (Fsp3) is 0.455. The molecular formula is C11H16FN. The van der Waals surface area contributed by atoms with Crippen molar-refractivity contribution in [2.45, 2.75) is 26.3 Å². The Morgan fingerprint density at radius 3 is 2.69 bits per heavy atom. The van der Waals surface area contributed by atoms with Gasteiger partial charge in [-0.2, -0.15) is 0 Å². The summed E-state index contributed by atoms with van der Waals surface area (Å²) in [5.74, 6) is 0. The van der Waals surface area contributed by atoms with E-state index in [4.69, 9.17) is 5.73 Å². The molecule has 1 atom stereocenters. The van der Waals surface area contributed by atoms with E-state index in [0.717, 1.165) is 5.56 Å². The van der Waals surface area contributed by atoms with Crippen LogP contribution in [0.3, 0.4) is 0 Å². The summed E-state index contributed by atoms with van der Waals surface area (Å²) >= 11 is 0. The SMILES string of the molecule is Cc1cccc([C@@H](N)CCF)c1C. The van der Waals surface area contributed by atoms with Crippen molar-refractivity contribution in [3.05, 3.63) is 34.9 Å². The zero-order valence-corrected chi connectivity index (χ0v) is 8.18. The van der Waals surface area contributed by atoms with Gasteiger partial charge in [-0.3, -0.25) is 4.39 Å². The van der Waals surface area contributed by atoms with Crippen molar-refractivity contribution in [3.8, 4) is 0 Å². The molecule has 0 bridgehead atoms. The standard InChI is InChI=1S/C11H16FN/c1-8-4-3-5-10(9(8)2)11(13)6-7-12/h3-5,11H,6-7,13H2,1-2H3/t11-/m0/s1. The Bertz CT molecular complexity index is 283. The summed E-state index contributed by atoms with van der Waals surface area (Å²) in [4.78, 5) is 0. The Kier molecular flexibility index (Phi) is 3.43. The molecule has 0 fully saturated rings. The lowest BCUT2D eigenvalue weighted by molar-refractivity contribution is 0.441. The van der Waals surface area contributed by atoms with E-state index in [1.807, 2.05) is 32.0 Å². The van der Waals surface area contributed by atoms with Gasteiger partial charge in [0.15, 0.2) is 0 Å². The molecule has 0 saturated carbocycles. The van der Waals surface area contributed by atoms with Gasteiger partial charge < -0.3 is 5.73 Å².